The highest BCUT2D eigenvalue weighted by Gasteiger charge is 2.40. The zero-order valence-corrected chi connectivity index (χ0v) is 19.8. The second kappa shape index (κ2) is 10.3. The molecule has 1 aliphatic carbocycles. The molecular weight excluding hydrogens is 461 g/mol. The molecule has 0 bridgehead atoms. The first-order valence-corrected chi connectivity index (χ1v) is 11.4. The van der Waals surface area contributed by atoms with E-state index in [1.54, 1.807) is 10.9 Å². The number of benzene rings is 1. The van der Waals surface area contributed by atoms with E-state index in [2.05, 4.69) is 35.7 Å². The number of nitriles is 1. The Kier molecular flexibility index (Phi) is 7.77. The number of nitrogens with two attached hydrogens (primary N) is 1. The number of carbonyl (C=O) groups excluding carboxylic acids is 1. The van der Waals surface area contributed by atoms with Gasteiger partial charge in [0.1, 0.15) is 5.56 Å². The highest BCUT2D eigenvalue weighted by atomic mass is 19.4. The van der Waals surface area contributed by atoms with E-state index in [1.165, 1.54) is 24.3 Å². The van der Waals surface area contributed by atoms with Crippen LogP contribution < -0.4 is 11.1 Å². The number of nitrogens with one attached hydrogen (secondary N) is 1. The van der Waals surface area contributed by atoms with Gasteiger partial charge in [-0.1, -0.05) is 26.0 Å². The fraction of sp³-hybridized carbons (Fsp3) is 0.542. The van der Waals surface area contributed by atoms with Gasteiger partial charge >= 0.3 is 6.18 Å². The summed E-state index contributed by atoms with van der Waals surface area (Å²) in [7, 11) is 0. The second-order valence-corrected chi connectivity index (χ2v) is 9.96. The number of alkyl halides is 3. The molecule has 1 amide bonds. The molecule has 1 atom stereocenters. The Balaban J connectivity index is 0.00000167. The lowest BCUT2D eigenvalue weighted by molar-refractivity contribution is -0.206. The zero-order valence-electron chi connectivity index (χ0n) is 19.8. The van der Waals surface area contributed by atoms with Gasteiger partial charge in [-0.2, -0.15) is 18.3 Å². The quantitative estimate of drug-likeness (QED) is 0.553. The average molecular weight is 493 g/mol. The van der Waals surface area contributed by atoms with Crippen LogP contribution in [0, 0.1) is 17.2 Å². The molecule has 2 aromatic rings. The summed E-state index contributed by atoms with van der Waals surface area (Å²) in [4.78, 5) is 14.5. The van der Waals surface area contributed by atoms with E-state index in [4.69, 9.17) is 11.0 Å². The molecule has 1 saturated carbocycles. The Morgan fingerprint density at radius 2 is 1.71 bits per heavy atom. The van der Waals surface area contributed by atoms with Gasteiger partial charge in [0.2, 0.25) is 0 Å². The molecule has 11 heteroatoms. The van der Waals surface area contributed by atoms with Crippen molar-refractivity contribution in [3.05, 3.63) is 41.6 Å². The minimum Gasteiger partial charge on any atom is -0.379 e. The smallest absolute Gasteiger partial charge is 0.379 e. The van der Waals surface area contributed by atoms with Crippen molar-refractivity contribution in [1.82, 2.24) is 14.7 Å². The van der Waals surface area contributed by atoms with Crippen LogP contribution in [0.4, 0.5) is 24.7 Å². The third-order valence-electron chi connectivity index (χ3n) is 6.62. The maximum Gasteiger partial charge on any atom is 0.418 e. The SMILES string of the molecule is C#N.CC1(C)CN(C2CCC(n3cc(C(N)=O)c(Nc4ccc(C(O)C(F)(F)F)cc4)n3)CC2)C1. The first-order valence-electron chi connectivity index (χ1n) is 11.4. The number of hydrogen-bond donors (Lipinski definition) is 3. The molecule has 1 saturated heterocycles. The van der Waals surface area contributed by atoms with E-state index in [9.17, 15) is 23.1 Å². The van der Waals surface area contributed by atoms with Gasteiger partial charge in [0.25, 0.3) is 5.91 Å². The van der Waals surface area contributed by atoms with Gasteiger partial charge in [-0.15, -0.1) is 0 Å². The average Bonchev–Trinajstić information content (AvgIpc) is 3.22. The van der Waals surface area contributed by atoms with E-state index in [0.29, 0.717) is 17.1 Å². The lowest BCUT2D eigenvalue weighted by Crippen LogP contribution is -2.57. The minimum absolute atomic E-state index is 0.161. The fourth-order valence-corrected chi connectivity index (χ4v) is 4.93. The van der Waals surface area contributed by atoms with Gasteiger partial charge in [-0.25, -0.2) is 5.26 Å². The van der Waals surface area contributed by atoms with Crippen LogP contribution in [0.1, 0.15) is 67.6 Å². The van der Waals surface area contributed by atoms with E-state index < -0.39 is 18.2 Å². The normalized spacial score (nSPS) is 22.9. The number of likely N-dealkylation sites (tertiary alicyclic amines) is 1. The monoisotopic (exact) mass is 492 g/mol. The summed E-state index contributed by atoms with van der Waals surface area (Å²) >= 11 is 0. The van der Waals surface area contributed by atoms with Crippen molar-refractivity contribution in [3.63, 3.8) is 0 Å². The van der Waals surface area contributed by atoms with Crippen LogP contribution in [0.15, 0.2) is 30.5 Å². The first kappa shape index (κ1) is 26.5. The Bertz CT molecular complexity index is 1030. The zero-order chi connectivity index (χ0) is 26.0. The number of carbonyl (C=O) groups is 1. The summed E-state index contributed by atoms with van der Waals surface area (Å²) in [5.74, 6) is -0.373. The number of hydrogen-bond acceptors (Lipinski definition) is 6. The predicted octanol–water partition coefficient (Wildman–Crippen LogP) is 4.29. The molecule has 1 unspecified atom stereocenters. The standard InChI is InChI=1S/C23H30F3N5O2.CHN/c1-22(2)12-30(13-22)16-7-9-17(10-8-16)31-11-18(20(27)33)21(29-31)28-15-5-3-14(4-6-15)19(32)23(24,25)26;1-2/h3-6,11,16-17,19,32H,7-10,12-13H2,1-2H3,(H2,27,33)(H,28,29);1H. The lowest BCUT2D eigenvalue weighted by atomic mass is 9.80. The number of primary amides is 1. The van der Waals surface area contributed by atoms with Crippen molar-refractivity contribution in [2.45, 2.75) is 63.9 Å². The van der Waals surface area contributed by atoms with Crippen molar-refractivity contribution in [3.8, 4) is 6.57 Å². The number of aliphatic hydroxyl groups is 1. The van der Waals surface area contributed by atoms with Crippen molar-refractivity contribution >= 4 is 17.4 Å². The Labute approximate surface area is 202 Å². The van der Waals surface area contributed by atoms with Crippen molar-refractivity contribution in [2.24, 2.45) is 11.1 Å². The number of aromatic nitrogens is 2. The Hall–Kier alpha value is -3.10. The summed E-state index contributed by atoms with van der Waals surface area (Å²) in [6.45, 7) is 10.3. The molecule has 1 aromatic carbocycles. The molecule has 1 aromatic heterocycles. The molecule has 35 heavy (non-hydrogen) atoms. The first-order chi connectivity index (χ1) is 16.4. The van der Waals surface area contributed by atoms with Crippen LogP contribution in [0.5, 0.6) is 0 Å². The molecule has 2 aliphatic rings. The predicted molar refractivity (Wildman–Crippen MR) is 125 cm³/mol. The van der Waals surface area contributed by atoms with Gasteiger partial charge in [-0.05, 0) is 48.8 Å². The molecular formula is C24H31F3N6O2. The van der Waals surface area contributed by atoms with Crippen molar-refractivity contribution in [1.29, 1.82) is 5.26 Å². The van der Waals surface area contributed by atoms with E-state index in [1.807, 2.05) is 0 Å². The summed E-state index contributed by atoms with van der Waals surface area (Å²) in [5.41, 5.74) is 6.33. The van der Waals surface area contributed by atoms with Crippen LogP contribution >= 0.6 is 0 Å². The van der Waals surface area contributed by atoms with Gasteiger partial charge in [0.05, 0.1) is 6.04 Å². The summed E-state index contributed by atoms with van der Waals surface area (Å²) in [6.07, 6.45) is -1.61. The van der Waals surface area contributed by atoms with Gasteiger partial charge in [-0.3, -0.25) is 14.4 Å². The summed E-state index contributed by atoms with van der Waals surface area (Å²) in [5, 5.41) is 23.4. The molecule has 2 fully saturated rings. The van der Waals surface area contributed by atoms with E-state index >= 15 is 0 Å². The molecule has 0 spiro atoms. The molecule has 8 nitrogen and oxygen atoms in total. The number of amides is 1. The van der Waals surface area contributed by atoms with Crippen molar-refractivity contribution < 1.29 is 23.1 Å². The maximum atomic E-state index is 12.7. The number of anilines is 2. The Morgan fingerprint density at radius 1 is 1.17 bits per heavy atom. The molecule has 4 N–H and O–H groups in total. The van der Waals surface area contributed by atoms with Gasteiger partial charge in [0.15, 0.2) is 11.9 Å². The van der Waals surface area contributed by atoms with E-state index in [-0.39, 0.29) is 23.0 Å². The van der Waals surface area contributed by atoms with E-state index in [0.717, 1.165) is 38.8 Å². The molecule has 1 aliphatic heterocycles. The molecule has 190 valence electrons. The summed E-state index contributed by atoms with van der Waals surface area (Å²) < 4.78 is 39.9. The second-order valence-electron chi connectivity index (χ2n) is 9.96. The minimum atomic E-state index is -4.74. The molecule has 4 rings (SSSR count). The lowest BCUT2D eigenvalue weighted by Gasteiger charge is -2.51. The number of halogens is 3. The number of rotatable bonds is 6. The molecule has 0 radical (unpaired) electrons. The third kappa shape index (κ3) is 6.13. The largest absolute Gasteiger partial charge is 0.418 e. The van der Waals surface area contributed by atoms with Crippen molar-refractivity contribution in [2.75, 3.05) is 18.4 Å². The van der Waals surface area contributed by atoms with Gasteiger partial charge in [0, 0.05) is 37.6 Å². The topological polar surface area (TPSA) is 120 Å². The number of nitrogens with zero attached hydrogens (tertiary/aromatic N) is 4. The van der Waals surface area contributed by atoms with Crippen LogP contribution in [0.2, 0.25) is 0 Å². The highest BCUT2D eigenvalue weighted by Crippen LogP contribution is 2.38. The Morgan fingerprint density at radius 3 is 2.20 bits per heavy atom. The summed E-state index contributed by atoms with van der Waals surface area (Å²) in [6, 6.07) is 5.90. The maximum absolute atomic E-state index is 12.7. The van der Waals surface area contributed by atoms with Crippen LogP contribution in [-0.4, -0.2) is 51.0 Å². The third-order valence-corrected chi connectivity index (χ3v) is 6.62. The van der Waals surface area contributed by atoms with Crippen LogP contribution in [-0.2, 0) is 0 Å². The number of aliphatic hydroxyl groups excluding tert-OH is 1. The highest BCUT2D eigenvalue weighted by molar-refractivity contribution is 5.98. The molecule has 2 heterocycles. The fourth-order valence-electron chi connectivity index (χ4n) is 4.93. The van der Waals surface area contributed by atoms with Gasteiger partial charge < -0.3 is 16.2 Å². The van der Waals surface area contributed by atoms with Crippen LogP contribution in [0.3, 0.4) is 0 Å². The van der Waals surface area contributed by atoms with Crippen LogP contribution in [0.25, 0.3) is 0 Å².